The predicted molar refractivity (Wildman–Crippen MR) is 89.7 cm³/mol. The Kier molecular flexibility index (Phi) is 3.95. The van der Waals surface area contributed by atoms with Crippen molar-refractivity contribution in [3.63, 3.8) is 0 Å². The molecule has 6 nitrogen and oxygen atoms in total. The third-order valence-electron chi connectivity index (χ3n) is 4.71. The zero-order chi connectivity index (χ0) is 17.4. The highest BCUT2D eigenvalue weighted by molar-refractivity contribution is 6.20. The number of anilines is 1. The second-order valence-corrected chi connectivity index (χ2v) is 6.41. The second-order valence-electron chi connectivity index (χ2n) is 6.41. The Balaban J connectivity index is 1.68. The van der Waals surface area contributed by atoms with Crippen LogP contribution in [-0.4, -0.2) is 18.5 Å². The minimum absolute atomic E-state index is 0.295. The number of amides is 2. The normalized spacial score (nSPS) is 16.0. The Morgan fingerprint density at radius 3 is 2.68 bits per heavy atom. The van der Waals surface area contributed by atoms with Gasteiger partial charge in [-0.2, -0.15) is 4.79 Å². The van der Waals surface area contributed by atoms with Gasteiger partial charge in [0.25, 0.3) is 5.69 Å². The van der Waals surface area contributed by atoms with Crippen LogP contribution in [0.15, 0.2) is 30.5 Å². The van der Waals surface area contributed by atoms with Crippen LogP contribution in [-0.2, 0) is 12.8 Å². The summed E-state index contributed by atoms with van der Waals surface area (Å²) < 4.78 is 7.14. The minimum atomic E-state index is -0.297. The van der Waals surface area contributed by atoms with Gasteiger partial charge in [-0.05, 0) is 43.5 Å². The van der Waals surface area contributed by atoms with E-state index in [-0.39, 0.29) is 11.9 Å². The SMILES string of the molecule is CCCOc1ccc(N2C(=O)c3c[nH+]c4c([n+]3C2=O)CCCC4)cc1. The molecular weight excluding hydrogens is 318 g/mol. The molecule has 2 aliphatic rings. The molecule has 0 radical (unpaired) electrons. The number of carbonyl (C=O) groups is 2. The Morgan fingerprint density at radius 2 is 1.92 bits per heavy atom. The van der Waals surface area contributed by atoms with Crippen molar-refractivity contribution in [3.05, 3.63) is 47.5 Å². The number of ether oxygens (including phenoxy) is 1. The van der Waals surface area contributed by atoms with E-state index in [2.05, 4.69) is 4.98 Å². The van der Waals surface area contributed by atoms with Crippen LogP contribution in [0.4, 0.5) is 10.5 Å². The van der Waals surface area contributed by atoms with Gasteiger partial charge in [0, 0.05) is 12.8 Å². The average molecular weight is 339 g/mol. The van der Waals surface area contributed by atoms with Gasteiger partial charge in [0.1, 0.15) is 11.4 Å². The molecule has 6 heteroatoms. The highest BCUT2D eigenvalue weighted by Gasteiger charge is 2.51. The molecule has 4 rings (SSSR count). The first-order valence-corrected chi connectivity index (χ1v) is 8.81. The smallest absolute Gasteiger partial charge is 0.494 e. The van der Waals surface area contributed by atoms with Gasteiger partial charge in [0.05, 0.1) is 6.61 Å². The van der Waals surface area contributed by atoms with Gasteiger partial charge in [0.15, 0.2) is 5.69 Å². The lowest BCUT2D eigenvalue weighted by molar-refractivity contribution is -0.596. The number of nitrogens with one attached hydrogen (secondary N) is 1. The highest BCUT2D eigenvalue weighted by atomic mass is 16.5. The quantitative estimate of drug-likeness (QED) is 0.801. The maximum atomic E-state index is 13.0. The van der Waals surface area contributed by atoms with Crippen molar-refractivity contribution in [1.29, 1.82) is 0 Å². The molecule has 0 unspecified atom stereocenters. The van der Waals surface area contributed by atoms with E-state index in [9.17, 15) is 9.59 Å². The summed E-state index contributed by atoms with van der Waals surface area (Å²) in [6, 6.07) is 6.79. The molecule has 0 atom stereocenters. The molecule has 2 amide bonds. The van der Waals surface area contributed by atoms with E-state index in [0.717, 1.165) is 49.2 Å². The van der Waals surface area contributed by atoms with Crippen molar-refractivity contribution >= 4 is 17.6 Å². The maximum Gasteiger partial charge on any atom is 0.512 e. The van der Waals surface area contributed by atoms with Gasteiger partial charge in [-0.1, -0.05) is 6.92 Å². The van der Waals surface area contributed by atoms with Crippen LogP contribution in [0.1, 0.15) is 48.1 Å². The molecule has 0 saturated carbocycles. The lowest BCUT2D eigenvalue weighted by Crippen LogP contribution is -2.52. The number of H-pyrrole nitrogens is 1. The second kappa shape index (κ2) is 6.27. The number of hydrogen-bond donors (Lipinski definition) is 0. The molecule has 2 aromatic rings. The van der Waals surface area contributed by atoms with Crippen LogP contribution in [0.25, 0.3) is 0 Å². The first-order valence-electron chi connectivity index (χ1n) is 8.81. The zero-order valence-electron chi connectivity index (χ0n) is 14.2. The Morgan fingerprint density at radius 1 is 1.16 bits per heavy atom. The lowest BCUT2D eigenvalue weighted by atomic mass is 10.00. The van der Waals surface area contributed by atoms with E-state index >= 15 is 0 Å². The number of hydrogen-bond acceptors (Lipinski definition) is 3. The van der Waals surface area contributed by atoms with Crippen LogP contribution < -0.4 is 19.2 Å². The van der Waals surface area contributed by atoms with E-state index < -0.39 is 0 Å². The van der Waals surface area contributed by atoms with Crippen LogP contribution >= 0.6 is 0 Å². The number of rotatable bonds is 4. The molecule has 1 aromatic carbocycles. The van der Waals surface area contributed by atoms with E-state index in [1.165, 1.54) is 4.90 Å². The molecule has 0 saturated heterocycles. The summed E-state index contributed by atoms with van der Waals surface area (Å²) in [4.78, 5) is 30.2. The summed E-state index contributed by atoms with van der Waals surface area (Å²) in [7, 11) is 0. The van der Waals surface area contributed by atoms with Gasteiger partial charge >= 0.3 is 11.9 Å². The highest BCUT2D eigenvalue weighted by Crippen LogP contribution is 2.25. The molecule has 2 heterocycles. The number of benzene rings is 1. The zero-order valence-corrected chi connectivity index (χ0v) is 14.2. The number of aromatic amines is 1. The first kappa shape index (κ1) is 15.7. The van der Waals surface area contributed by atoms with E-state index in [4.69, 9.17) is 4.74 Å². The summed E-state index contributed by atoms with van der Waals surface area (Å²) in [5.41, 5.74) is 2.96. The van der Waals surface area contributed by atoms with Gasteiger partial charge in [-0.25, -0.2) is 9.78 Å². The Bertz CT molecular complexity index is 846. The van der Waals surface area contributed by atoms with Gasteiger partial charge in [-0.15, -0.1) is 9.47 Å². The molecule has 25 heavy (non-hydrogen) atoms. The Labute approximate surface area is 146 Å². The fraction of sp³-hybridized carbons (Fsp3) is 0.368. The van der Waals surface area contributed by atoms with Crippen LogP contribution in [0.3, 0.4) is 0 Å². The van der Waals surface area contributed by atoms with Gasteiger partial charge in [0.2, 0.25) is 11.9 Å². The third-order valence-corrected chi connectivity index (χ3v) is 4.71. The molecule has 0 spiro atoms. The summed E-state index contributed by atoms with van der Waals surface area (Å²) in [6.07, 6.45) is 6.46. The fourth-order valence-corrected chi connectivity index (χ4v) is 3.47. The van der Waals surface area contributed by atoms with Crippen LogP contribution in [0.5, 0.6) is 5.75 Å². The molecular formula is C19H21N3O3+2. The van der Waals surface area contributed by atoms with Crippen molar-refractivity contribution < 1.29 is 23.9 Å². The summed E-state index contributed by atoms with van der Waals surface area (Å²) in [5.74, 6) is 0.442. The van der Waals surface area contributed by atoms with Crippen LogP contribution in [0, 0.1) is 0 Å². The van der Waals surface area contributed by atoms with Crippen molar-refractivity contribution in [2.45, 2.75) is 39.0 Å². The van der Waals surface area contributed by atoms with Crippen molar-refractivity contribution in [1.82, 2.24) is 0 Å². The average Bonchev–Trinajstić information content (AvgIpc) is 2.91. The number of imide groups is 1. The summed E-state index contributed by atoms with van der Waals surface area (Å²) in [5, 5.41) is 0. The maximum absolute atomic E-state index is 13.0. The molecule has 1 aliphatic heterocycles. The topological polar surface area (TPSA) is 64.6 Å². The van der Waals surface area contributed by atoms with E-state index in [0.29, 0.717) is 18.0 Å². The molecule has 0 bridgehead atoms. The molecule has 0 fully saturated rings. The van der Waals surface area contributed by atoms with Crippen LogP contribution in [0.2, 0.25) is 0 Å². The van der Waals surface area contributed by atoms with Gasteiger partial charge < -0.3 is 4.74 Å². The fourth-order valence-electron chi connectivity index (χ4n) is 3.47. The third kappa shape index (κ3) is 2.58. The predicted octanol–water partition coefficient (Wildman–Crippen LogP) is 2.08. The first-order chi connectivity index (χ1) is 12.2. The van der Waals surface area contributed by atoms with Crippen molar-refractivity contribution in [3.8, 4) is 5.75 Å². The minimum Gasteiger partial charge on any atom is -0.494 e. The number of aryl methyl sites for hydroxylation is 1. The molecule has 1 aromatic heterocycles. The number of aromatic nitrogens is 2. The number of nitrogens with zero attached hydrogens (tertiary/aromatic N) is 2. The van der Waals surface area contributed by atoms with Crippen molar-refractivity contribution in [2.75, 3.05) is 11.5 Å². The van der Waals surface area contributed by atoms with Crippen molar-refractivity contribution in [2.24, 2.45) is 0 Å². The standard InChI is InChI=1S/C19H20N3O3/c1-2-11-25-14-9-7-13(8-10-14)21-18(23)17-12-20-15-5-3-4-6-16(15)22(17)19(21)24/h7-10,12H,2-6,11H2,1H3/q+1/p+1. The molecule has 128 valence electrons. The largest absolute Gasteiger partial charge is 0.512 e. The van der Waals surface area contributed by atoms with E-state index in [1.807, 2.05) is 6.92 Å². The summed E-state index contributed by atoms with van der Waals surface area (Å²) in [6.45, 7) is 2.69. The van der Waals surface area contributed by atoms with Gasteiger partial charge in [-0.3, -0.25) is 0 Å². The lowest BCUT2D eigenvalue weighted by Gasteiger charge is -2.10. The molecule has 1 aliphatic carbocycles. The molecule has 1 N–H and O–H groups in total. The van der Waals surface area contributed by atoms with E-state index in [1.54, 1.807) is 35.0 Å². The number of carbonyl (C=O) groups excluding carboxylic acids is 2. The Hall–Kier alpha value is -2.76. The number of fused-ring (bicyclic) bond motifs is 3. The monoisotopic (exact) mass is 339 g/mol. The summed E-state index contributed by atoms with van der Waals surface area (Å²) >= 11 is 0.